The molecule has 0 N–H and O–H groups in total. The minimum atomic E-state index is -0.567. The summed E-state index contributed by atoms with van der Waals surface area (Å²) in [6, 6.07) is 10.6. The number of unbranched alkanes of at least 4 members (excludes halogenated alkanes) is 4. The van der Waals surface area contributed by atoms with E-state index >= 15 is 0 Å². The van der Waals surface area contributed by atoms with E-state index < -0.39 is 19.7 Å². The third-order valence-corrected chi connectivity index (χ3v) is 12.9. The lowest BCUT2D eigenvalue weighted by Crippen LogP contribution is -2.04. The molecule has 0 saturated carbocycles. The van der Waals surface area contributed by atoms with Gasteiger partial charge in [0.15, 0.2) is 0 Å². The number of nitro groups is 4. The summed E-state index contributed by atoms with van der Waals surface area (Å²) in [7, 11) is 0. The topological polar surface area (TPSA) is 209 Å². The number of hydrogen-bond acceptors (Lipinski definition) is 16. The molecule has 1 aliphatic rings. The van der Waals surface area contributed by atoms with Crippen LogP contribution in [0, 0.1) is 40.5 Å². The van der Waals surface area contributed by atoms with E-state index in [1.165, 1.54) is 48.5 Å². The van der Waals surface area contributed by atoms with Crippen LogP contribution in [0.5, 0.6) is 23.0 Å². The number of benzene rings is 4. The Bertz CT molecular complexity index is 1840. The number of nitro benzene ring substituents is 4. The van der Waals surface area contributed by atoms with Gasteiger partial charge in [-0.3, -0.25) is 40.5 Å². The van der Waals surface area contributed by atoms with E-state index in [1.54, 1.807) is 0 Å². The van der Waals surface area contributed by atoms with E-state index in [0.29, 0.717) is 25.7 Å². The van der Waals surface area contributed by atoms with Crippen LogP contribution in [-0.2, 0) is 0 Å². The number of rotatable bonds is 20. The van der Waals surface area contributed by atoms with Gasteiger partial charge in [0.25, 0.3) is 22.7 Å². The molecule has 0 aliphatic carbocycles. The van der Waals surface area contributed by atoms with Gasteiger partial charge < -0.3 is 18.9 Å². The summed E-state index contributed by atoms with van der Waals surface area (Å²) in [5, 5.41) is 50.2. The van der Waals surface area contributed by atoms with Crippen molar-refractivity contribution < 1.29 is 38.6 Å². The van der Waals surface area contributed by atoms with Gasteiger partial charge in [0.2, 0.25) is 0 Å². The second-order valence-electron chi connectivity index (χ2n) is 13.3. The lowest BCUT2D eigenvalue weighted by molar-refractivity contribution is -0.385. The second-order valence-corrected chi connectivity index (χ2v) is 17.7. The van der Waals surface area contributed by atoms with E-state index in [4.69, 9.17) is 18.9 Å². The number of fused-ring (bicyclic) bond motifs is 8. The van der Waals surface area contributed by atoms with Gasteiger partial charge in [-0.05, 0) is 25.7 Å². The summed E-state index contributed by atoms with van der Waals surface area (Å²) in [5.41, 5.74) is -1.27. The van der Waals surface area contributed by atoms with Gasteiger partial charge in [-0.2, -0.15) is 0 Å². The van der Waals surface area contributed by atoms with Crippen LogP contribution < -0.4 is 18.9 Å². The Kier molecular flexibility index (Phi) is 17.0. The van der Waals surface area contributed by atoms with Gasteiger partial charge in [0.1, 0.15) is 23.0 Å². The maximum absolute atomic E-state index is 12.5. The Hall–Kier alpha value is -4.92. The molecule has 1 aliphatic heterocycles. The van der Waals surface area contributed by atoms with Crippen molar-refractivity contribution in [2.45, 2.75) is 118 Å². The maximum atomic E-state index is 12.5. The zero-order valence-corrected chi connectivity index (χ0v) is 36.7. The first-order valence-electron chi connectivity index (χ1n) is 19.4. The lowest BCUT2D eigenvalue weighted by atomic mass is 10.3. The minimum absolute atomic E-state index is 0.218. The van der Waals surface area contributed by atoms with Crippen molar-refractivity contribution in [3.63, 3.8) is 0 Å². The average Bonchev–Trinajstić information content (AvgIpc) is 3.20. The lowest BCUT2D eigenvalue weighted by Gasteiger charge is -2.21. The molecule has 0 spiro atoms. The largest absolute Gasteiger partial charge is 0.491 e. The van der Waals surface area contributed by atoms with Crippen LogP contribution in [0.15, 0.2) is 87.7 Å². The summed E-state index contributed by atoms with van der Waals surface area (Å²) < 4.78 is 25.6. The van der Waals surface area contributed by atoms with Gasteiger partial charge in [-0.1, -0.05) is 100 Å². The number of nitrogens with zero attached hydrogens (tertiary/aromatic N) is 4. The molecule has 0 fully saturated rings. The van der Waals surface area contributed by atoms with Crippen LogP contribution in [0.1, 0.15) is 79.1 Å². The molecule has 0 amide bonds. The first kappa shape index (κ1) is 46.2. The fourth-order valence-electron chi connectivity index (χ4n) is 5.60. The first-order valence-corrected chi connectivity index (χ1v) is 22.7. The van der Waals surface area contributed by atoms with E-state index in [0.717, 1.165) is 72.7 Å². The molecule has 5 rings (SSSR count). The van der Waals surface area contributed by atoms with Crippen molar-refractivity contribution in [3.05, 3.63) is 89.0 Å². The quantitative estimate of drug-likeness (QED) is 0.0404. The number of non-ortho nitro benzene ring substituents is 4. The summed E-state index contributed by atoms with van der Waals surface area (Å²) >= 11 is 3.89. The fourth-order valence-corrected chi connectivity index (χ4v) is 10.3. The highest BCUT2D eigenvalue weighted by atomic mass is 32.2. The third kappa shape index (κ3) is 11.7. The minimum Gasteiger partial charge on any atom is -0.491 e. The van der Waals surface area contributed by atoms with Gasteiger partial charge >= 0.3 is 0 Å². The summed E-state index contributed by atoms with van der Waals surface area (Å²) in [4.78, 5) is 49.8. The van der Waals surface area contributed by atoms with Gasteiger partial charge in [-0.25, -0.2) is 0 Å². The molecular weight excluding hydrogens is 857 g/mol. The Balaban J connectivity index is 1.95. The highest BCUT2D eigenvalue weighted by molar-refractivity contribution is 8.01. The van der Waals surface area contributed by atoms with Crippen LogP contribution in [0.25, 0.3) is 0 Å². The molecule has 0 aromatic heterocycles. The molecule has 0 saturated heterocycles. The zero-order valence-electron chi connectivity index (χ0n) is 33.4. The maximum Gasteiger partial charge on any atom is 0.271 e. The van der Waals surface area contributed by atoms with Crippen molar-refractivity contribution in [2.75, 3.05) is 26.4 Å². The predicted octanol–water partition coefficient (Wildman–Crippen LogP) is 13.0. The van der Waals surface area contributed by atoms with Crippen molar-refractivity contribution in [1.82, 2.24) is 0 Å². The number of ether oxygens (including phenoxy) is 4. The fraction of sp³-hybridized carbons (Fsp3) is 0.400. The van der Waals surface area contributed by atoms with Crippen molar-refractivity contribution in [2.24, 2.45) is 0 Å². The highest BCUT2D eigenvalue weighted by Crippen LogP contribution is 2.56. The molecule has 0 radical (unpaired) electrons. The van der Waals surface area contributed by atoms with Crippen LogP contribution in [0.4, 0.5) is 22.7 Å². The monoisotopic (exact) mass is 900 g/mol. The molecule has 4 aromatic rings. The van der Waals surface area contributed by atoms with E-state index in [9.17, 15) is 40.5 Å². The normalized spacial score (nSPS) is 12.1. The van der Waals surface area contributed by atoms with Crippen LogP contribution in [0.3, 0.4) is 0 Å². The SMILES string of the molecule is CCCCOc1c2cc([N+](=O)[O-])cc1Sc1cc([N+](=O)[O-])cc(c1OCCCC)Sc1cc([N+](=O)[O-])cc(c1OCCCC)Sc1cc([N+](=O)[O-])cc(c1OCCCC)S2. The molecule has 1 heterocycles. The van der Waals surface area contributed by atoms with Crippen LogP contribution in [0.2, 0.25) is 0 Å². The summed E-state index contributed by atoms with van der Waals surface area (Å²) in [5.74, 6) is 0.904. The summed E-state index contributed by atoms with van der Waals surface area (Å²) in [6.07, 6.45) is 5.58. The summed E-state index contributed by atoms with van der Waals surface area (Å²) in [6.45, 7) is 8.77. The van der Waals surface area contributed by atoms with Crippen molar-refractivity contribution >= 4 is 69.8 Å². The Morgan fingerprint density at radius 1 is 0.367 bits per heavy atom. The van der Waals surface area contributed by atoms with Crippen molar-refractivity contribution in [1.29, 1.82) is 0 Å². The molecule has 0 atom stereocenters. The van der Waals surface area contributed by atoms with E-state index in [1.807, 2.05) is 27.7 Å². The Morgan fingerprint density at radius 2 is 0.533 bits per heavy atom. The Labute approximate surface area is 363 Å². The molecule has 4 aromatic carbocycles. The standard InChI is InChI=1S/C40H44N4O12S4/c1-5-9-13-53-37-29-17-25(41(45)46)18-30(37)58-32-20-27(43(49)50)22-34(39(32)55-15-11-7-3)60-36-24-28(44(51)52)23-35(40(36)56-16-12-8-4)59-33-21-26(42(47)48)19-31(57-29)38(33)54-14-10-6-2/h17-24H,5-16H2,1-4H3. The smallest absolute Gasteiger partial charge is 0.271 e. The molecule has 0 unspecified atom stereocenters. The number of hydrogen-bond donors (Lipinski definition) is 0. The molecule has 8 bridgehead atoms. The first-order chi connectivity index (χ1) is 28.9. The molecule has 16 nitrogen and oxygen atoms in total. The van der Waals surface area contributed by atoms with Gasteiger partial charge in [-0.15, -0.1) is 0 Å². The predicted molar refractivity (Wildman–Crippen MR) is 230 cm³/mol. The third-order valence-electron chi connectivity index (χ3n) is 8.72. The van der Waals surface area contributed by atoms with Gasteiger partial charge in [0, 0.05) is 48.5 Å². The molecule has 320 valence electrons. The van der Waals surface area contributed by atoms with E-state index in [2.05, 4.69) is 0 Å². The van der Waals surface area contributed by atoms with Crippen LogP contribution >= 0.6 is 47.0 Å². The van der Waals surface area contributed by atoms with Crippen LogP contribution in [-0.4, -0.2) is 46.1 Å². The zero-order chi connectivity index (χ0) is 43.3. The highest BCUT2D eigenvalue weighted by Gasteiger charge is 2.30. The molecular formula is C40H44N4O12S4. The van der Waals surface area contributed by atoms with E-state index in [-0.39, 0.29) is 111 Å². The molecule has 60 heavy (non-hydrogen) atoms. The Morgan fingerprint density at radius 3 is 0.667 bits per heavy atom. The average molecular weight is 901 g/mol. The van der Waals surface area contributed by atoms with Gasteiger partial charge in [0.05, 0.1) is 85.3 Å². The second kappa shape index (κ2) is 22.1. The van der Waals surface area contributed by atoms with Crippen molar-refractivity contribution in [3.8, 4) is 23.0 Å². The molecule has 20 heteroatoms.